The van der Waals surface area contributed by atoms with Gasteiger partial charge in [-0.2, -0.15) is 0 Å². The molecule has 0 bridgehead atoms. The lowest BCUT2D eigenvalue weighted by molar-refractivity contribution is -0.136. The molecule has 5 heteroatoms. The van der Waals surface area contributed by atoms with E-state index >= 15 is 0 Å². The Hall–Kier alpha value is -0.780. The Morgan fingerprint density at radius 1 is 1.05 bits per heavy atom. The zero-order valence-corrected chi connectivity index (χ0v) is 13.8. The van der Waals surface area contributed by atoms with Crippen LogP contribution in [-0.2, 0) is 11.2 Å². The third kappa shape index (κ3) is 4.37. The molecule has 0 heterocycles. The number of benzene rings is 2. The quantitative estimate of drug-likeness (QED) is 0.783. The Bertz CT molecular complexity index is 597. The van der Waals surface area contributed by atoms with Crippen LogP contribution >= 0.6 is 43.6 Å². The highest BCUT2D eigenvalue weighted by molar-refractivity contribution is 9.10. The second-order valence-corrected chi connectivity index (χ2v) is 6.80. The van der Waals surface area contributed by atoms with E-state index in [0.29, 0.717) is 0 Å². The molecule has 98 valence electrons. The Morgan fingerprint density at radius 3 is 2.32 bits per heavy atom. The van der Waals surface area contributed by atoms with Crippen LogP contribution in [0.5, 0.6) is 0 Å². The van der Waals surface area contributed by atoms with E-state index in [4.69, 9.17) is 5.11 Å². The number of rotatable bonds is 4. The second kappa shape index (κ2) is 6.59. The lowest BCUT2D eigenvalue weighted by Gasteiger charge is -2.06. The Kier molecular flexibility index (Phi) is 5.07. The Morgan fingerprint density at radius 2 is 1.68 bits per heavy atom. The van der Waals surface area contributed by atoms with Gasteiger partial charge in [-0.1, -0.05) is 43.6 Å². The third-order valence-electron chi connectivity index (χ3n) is 2.41. The van der Waals surface area contributed by atoms with Crippen LogP contribution in [0.3, 0.4) is 0 Å². The summed E-state index contributed by atoms with van der Waals surface area (Å²) < 4.78 is 1.87. The van der Waals surface area contributed by atoms with Crippen LogP contribution in [0.2, 0.25) is 0 Å². The first-order chi connectivity index (χ1) is 9.04. The van der Waals surface area contributed by atoms with Crippen molar-refractivity contribution in [3.63, 3.8) is 0 Å². The maximum Gasteiger partial charge on any atom is 0.307 e. The highest BCUT2D eigenvalue weighted by Crippen LogP contribution is 2.31. The summed E-state index contributed by atoms with van der Waals surface area (Å²) in [4.78, 5) is 12.9. The molecule has 0 unspecified atom stereocenters. The topological polar surface area (TPSA) is 37.3 Å². The predicted octanol–water partition coefficient (Wildman–Crippen LogP) is 4.99. The molecule has 2 nitrogen and oxygen atoms in total. The highest BCUT2D eigenvalue weighted by Gasteiger charge is 2.07. The van der Waals surface area contributed by atoms with Crippen molar-refractivity contribution >= 4 is 49.6 Å². The first-order valence-corrected chi connectivity index (χ1v) is 7.88. The number of carboxylic acids is 1. The van der Waals surface area contributed by atoms with E-state index in [-0.39, 0.29) is 6.42 Å². The standard InChI is InChI=1S/C14H10Br2O2S/c15-10-1-3-11(4-2-10)19-12-5-6-13(16)9(7-12)8-14(17)18/h1-7H,8H2,(H,17,18). The van der Waals surface area contributed by atoms with E-state index < -0.39 is 5.97 Å². The number of hydrogen-bond donors (Lipinski definition) is 1. The van der Waals surface area contributed by atoms with Crippen molar-refractivity contribution in [2.75, 3.05) is 0 Å². The third-order valence-corrected chi connectivity index (χ3v) is 4.71. The van der Waals surface area contributed by atoms with Crippen LogP contribution < -0.4 is 0 Å². The number of hydrogen-bond acceptors (Lipinski definition) is 2. The molecule has 0 aromatic heterocycles. The molecule has 0 aliphatic carbocycles. The molecule has 0 aliphatic heterocycles. The van der Waals surface area contributed by atoms with Crippen LogP contribution in [-0.4, -0.2) is 11.1 Å². The number of carbonyl (C=O) groups is 1. The number of carboxylic acid groups (broad SMARTS) is 1. The van der Waals surface area contributed by atoms with Crippen molar-refractivity contribution in [2.45, 2.75) is 16.2 Å². The van der Waals surface area contributed by atoms with E-state index in [1.165, 1.54) is 0 Å². The summed E-state index contributed by atoms with van der Waals surface area (Å²) in [5.74, 6) is -0.827. The Balaban J connectivity index is 2.21. The summed E-state index contributed by atoms with van der Waals surface area (Å²) in [6.45, 7) is 0. The number of halogens is 2. The van der Waals surface area contributed by atoms with E-state index in [1.54, 1.807) is 11.8 Å². The van der Waals surface area contributed by atoms with Crippen molar-refractivity contribution in [1.29, 1.82) is 0 Å². The monoisotopic (exact) mass is 400 g/mol. The van der Waals surface area contributed by atoms with Gasteiger partial charge in [-0.15, -0.1) is 0 Å². The minimum absolute atomic E-state index is 0.0231. The van der Waals surface area contributed by atoms with Gasteiger partial charge in [0.05, 0.1) is 6.42 Å². The summed E-state index contributed by atoms with van der Waals surface area (Å²) >= 11 is 8.39. The molecule has 2 aromatic carbocycles. The Labute approximate surface area is 132 Å². The van der Waals surface area contributed by atoms with Gasteiger partial charge in [0.15, 0.2) is 0 Å². The molecule has 0 radical (unpaired) electrons. The molecule has 0 fully saturated rings. The average Bonchev–Trinajstić information content (AvgIpc) is 2.36. The van der Waals surface area contributed by atoms with E-state index in [9.17, 15) is 4.79 Å². The molecular weight excluding hydrogens is 392 g/mol. The van der Waals surface area contributed by atoms with E-state index in [1.807, 2.05) is 42.5 Å². The molecule has 0 atom stereocenters. The van der Waals surface area contributed by atoms with Gasteiger partial charge in [0.1, 0.15) is 0 Å². The molecule has 0 amide bonds. The zero-order chi connectivity index (χ0) is 13.8. The summed E-state index contributed by atoms with van der Waals surface area (Å²) in [7, 11) is 0. The van der Waals surface area contributed by atoms with Crippen LogP contribution in [0.1, 0.15) is 5.56 Å². The van der Waals surface area contributed by atoms with Gasteiger partial charge in [-0.3, -0.25) is 4.79 Å². The maximum atomic E-state index is 10.8. The van der Waals surface area contributed by atoms with Gasteiger partial charge in [0.25, 0.3) is 0 Å². The first-order valence-electron chi connectivity index (χ1n) is 5.48. The van der Waals surface area contributed by atoms with Crippen LogP contribution in [0.25, 0.3) is 0 Å². The van der Waals surface area contributed by atoms with Gasteiger partial charge in [0.2, 0.25) is 0 Å². The molecular formula is C14H10Br2O2S. The lowest BCUT2D eigenvalue weighted by atomic mass is 10.1. The molecule has 19 heavy (non-hydrogen) atoms. The smallest absolute Gasteiger partial charge is 0.307 e. The number of aliphatic carboxylic acids is 1. The summed E-state index contributed by atoms with van der Waals surface area (Å²) in [6, 6.07) is 13.8. The van der Waals surface area contributed by atoms with Gasteiger partial charge in [-0.05, 0) is 48.0 Å². The van der Waals surface area contributed by atoms with Crippen molar-refractivity contribution in [3.05, 3.63) is 57.0 Å². The fraction of sp³-hybridized carbons (Fsp3) is 0.0714. The first kappa shape index (κ1) is 14.6. The summed E-state index contributed by atoms with van der Waals surface area (Å²) in [5.41, 5.74) is 0.787. The van der Waals surface area contributed by atoms with Crippen molar-refractivity contribution < 1.29 is 9.90 Å². The minimum atomic E-state index is -0.827. The van der Waals surface area contributed by atoms with Crippen LogP contribution in [0.4, 0.5) is 0 Å². The second-order valence-electron chi connectivity index (χ2n) is 3.88. The molecule has 1 N–H and O–H groups in total. The minimum Gasteiger partial charge on any atom is -0.481 e. The summed E-state index contributed by atoms with van der Waals surface area (Å²) in [5, 5.41) is 8.87. The fourth-order valence-corrected chi connectivity index (χ4v) is 3.08. The van der Waals surface area contributed by atoms with Crippen LogP contribution in [0.15, 0.2) is 61.2 Å². The molecule has 0 saturated carbocycles. The SMILES string of the molecule is O=C(O)Cc1cc(Sc2ccc(Br)cc2)ccc1Br. The fourth-order valence-electron chi connectivity index (χ4n) is 1.55. The molecule has 0 aliphatic rings. The van der Waals surface area contributed by atoms with E-state index in [2.05, 4.69) is 31.9 Å². The van der Waals surface area contributed by atoms with Crippen molar-refractivity contribution in [3.8, 4) is 0 Å². The molecule has 2 rings (SSSR count). The normalized spacial score (nSPS) is 10.4. The van der Waals surface area contributed by atoms with Gasteiger partial charge in [0, 0.05) is 18.7 Å². The zero-order valence-electron chi connectivity index (χ0n) is 9.77. The highest BCUT2D eigenvalue weighted by atomic mass is 79.9. The molecule has 2 aromatic rings. The van der Waals surface area contributed by atoms with Crippen LogP contribution in [0, 0.1) is 0 Å². The largest absolute Gasteiger partial charge is 0.481 e. The van der Waals surface area contributed by atoms with Crippen molar-refractivity contribution in [1.82, 2.24) is 0 Å². The maximum absolute atomic E-state index is 10.8. The van der Waals surface area contributed by atoms with Gasteiger partial charge >= 0.3 is 5.97 Å². The van der Waals surface area contributed by atoms with Gasteiger partial charge < -0.3 is 5.11 Å². The average molecular weight is 402 g/mol. The molecule has 0 saturated heterocycles. The lowest BCUT2D eigenvalue weighted by Crippen LogP contribution is -2.00. The van der Waals surface area contributed by atoms with Gasteiger partial charge in [-0.25, -0.2) is 0 Å². The molecule has 0 spiro atoms. The predicted molar refractivity (Wildman–Crippen MR) is 83.7 cm³/mol. The van der Waals surface area contributed by atoms with E-state index in [0.717, 1.165) is 24.3 Å². The summed E-state index contributed by atoms with van der Waals surface area (Å²) in [6.07, 6.45) is 0.0231. The van der Waals surface area contributed by atoms with Crippen molar-refractivity contribution in [2.24, 2.45) is 0 Å².